The third kappa shape index (κ3) is 1.68. The topological polar surface area (TPSA) is 61.1 Å². The summed E-state index contributed by atoms with van der Waals surface area (Å²) in [6.07, 6.45) is 0.513. The van der Waals surface area contributed by atoms with E-state index in [0.29, 0.717) is 22.2 Å². The molecule has 1 aromatic heterocycles. The Kier molecular flexibility index (Phi) is 2.85. The summed E-state index contributed by atoms with van der Waals surface area (Å²) in [5.74, 6) is 0. The molecule has 88 valence electrons. The molecule has 0 aliphatic rings. The van der Waals surface area contributed by atoms with Gasteiger partial charge < -0.3 is 4.79 Å². The Morgan fingerprint density at radius 3 is 2.71 bits per heavy atom. The van der Waals surface area contributed by atoms with Crippen molar-refractivity contribution in [1.82, 2.24) is 9.13 Å². The second-order valence-electron chi connectivity index (χ2n) is 3.56. The van der Waals surface area contributed by atoms with Crippen LogP contribution in [0.1, 0.15) is 0 Å². The van der Waals surface area contributed by atoms with Crippen molar-refractivity contribution in [3.8, 4) is 0 Å². The zero-order valence-electron chi connectivity index (χ0n) is 9.01. The number of carbonyl (C=O) groups excluding carboxylic acids is 1. The Morgan fingerprint density at radius 1 is 1.35 bits per heavy atom. The number of benzene rings is 1. The minimum atomic E-state index is -0.553. The summed E-state index contributed by atoms with van der Waals surface area (Å²) in [6, 6.07) is 4.80. The molecule has 0 radical (unpaired) electrons. The SMILES string of the molecule is Cn1c(=O)n(CC=O)c(=O)c2cccc(Cl)c21. The van der Waals surface area contributed by atoms with Gasteiger partial charge in [-0.15, -0.1) is 0 Å². The highest BCUT2D eigenvalue weighted by atomic mass is 35.5. The number of aromatic nitrogens is 2. The van der Waals surface area contributed by atoms with Crippen molar-refractivity contribution in [2.75, 3.05) is 0 Å². The zero-order valence-corrected chi connectivity index (χ0v) is 9.77. The van der Waals surface area contributed by atoms with Crippen LogP contribution in [0.5, 0.6) is 0 Å². The number of nitrogens with zero attached hydrogens (tertiary/aromatic N) is 2. The van der Waals surface area contributed by atoms with Crippen LogP contribution in [0.4, 0.5) is 0 Å². The van der Waals surface area contributed by atoms with E-state index < -0.39 is 11.2 Å². The van der Waals surface area contributed by atoms with E-state index in [2.05, 4.69) is 0 Å². The quantitative estimate of drug-likeness (QED) is 0.734. The van der Waals surface area contributed by atoms with E-state index in [1.165, 1.54) is 11.6 Å². The number of halogens is 1. The number of rotatable bonds is 2. The number of para-hydroxylation sites is 1. The molecule has 0 amide bonds. The van der Waals surface area contributed by atoms with Gasteiger partial charge >= 0.3 is 5.69 Å². The monoisotopic (exact) mass is 252 g/mol. The van der Waals surface area contributed by atoms with Crippen molar-refractivity contribution >= 4 is 28.8 Å². The van der Waals surface area contributed by atoms with Crippen LogP contribution in [-0.4, -0.2) is 15.4 Å². The maximum atomic E-state index is 12.0. The molecule has 0 aliphatic carbocycles. The van der Waals surface area contributed by atoms with Crippen molar-refractivity contribution in [2.24, 2.45) is 7.05 Å². The van der Waals surface area contributed by atoms with E-state index in [9.17, 15) is 14.4 Å². The van der Waals surface area contributed by atoms with E-state index in [-0.39, 0.29) is 6.54 Å². The Bertz CT molecular complexity index is 715. The molecule has 0 bridgehead atoms. The van der Waals surface area contributed by atoms with E-state index in [4.69, 9.17) is 11.6 Å². The summed E-state index contributed by atoms with van der Waals surface area (Å²) in [4.78, 5) is 34.3. The predicted molar refractivity (Wildman–Crippen MR) is 64.5 cm³/mol. The fourth-order valence-electron chi connectivity index (χ4n) is 1.77. The summed E-state index contributed by atoms with van der Waals surface area (Å²) < 4.78 is 2.15. The van der Waals surface area contributed by atoms with Gasteiger partial charge in [-0.2, -0.15) is 0 Å². The molecular formula is C11H9ClN2O3. The summed E-state index contributed by atoms with van der Waals surface area (Å²) >= 11 is 5.96. The first-order valence-electron chi connectivity index (χ1n) is 4.89. The average molecular weight is 253 g/mol. The van der Waals surface area contributed by atoms with E-state index in [0.717, 1.165) is 4.57 Å². The Hall–Kier alpha value is -1.88. The highest BCUT2D eigenvalue weighted by molar-refractivity contribution is 6.35. The molecule has 17 heavy (non-hydrogen) atoms. The fraction of sp³-hybridized carbons (Fsp3) is 0.182. The maximum Gasteiger partial charge on any atom is 0.331 e. The van der Waals surface area contributed by atoms with Crippen molar-refractivity contribution in [3.63, 3.8) is 0 Å². The molecule has 0 unspecified atom stereocenters. The van der Waals surface area contributed by atoms with Crippen LogP contribution in [0.3, 0.4) is 0 Å². The van der Waals surface area contributed by atoms with Gasteiger partial charge in [-0.1, -0.05) is 17.7 Å². The number of hydrogen-bond acceptors (Lipinski definition) is 3. The summed E-state index contributed by atoms with van der Waals surface area (Å²) in [6.45, 7) is -0.256. The lowest BCUT2D eigenvalue weighted by Crippen LogP contribution is -2.39. The molecule has 5 nitrogen and oxygen atoms in total. The van der Waals surface area contributed by atoms with Gasteiger partial charge in [-0.05, 0) is 12.1 Å². The lowest BCUT2D eigenvalue weighted by Gasteiger charge is -2.09. The van der Waals surface area contributed by atoms with Gasteiger partial charge in [0.25, 0.3) is 5.56 Å². The van der Waals surface area contributed by atoms with Gasteiger partial charge in [0.05, 0.1) is 22.5 Å². The minimum Gasteiger partial charge on any atom is -0.301 e. The van der Waals surface area contributed by atoms with Crippen LogP contribution in [0.2, 0.25) is 5.02 Å². The standard InChI is InChI=1S/C11H9ClN2O3/c1-13-9-7(3-2-4-8(9)12)10(16)14(5-6-15)11(13)17/h2-4,6H,5H2,1H3. The van der Waals surface area contributed by atoms with Crippen LogP contribution < -0.4 is 11.2 Å². The van der Waals surface area contributed by atoms with Crippen LogP contribution in [0.15, 0.2) is 27.8 Å². The third-order valence-corrected chi connectivity index (χ3v) is 2.88. The van der Waals surface area contributed by atoms with Gasteiger partial charge in [-0.25, -0.2) is 4.79 Å². The molecule has 0 saturated carbocycles. The van der Waals surface area contributed by atoms with Crippen molar-refractivity contribution in [2.45, 2.75) is 6.54 Å². The van der Waals surface area contributed by atoms with Crippen molar-refractivity contribution in [1.29, 1.82) is 0 Å². The maximum absolute atomic E-state index is 12.0. The molecule has 2 aromatic rings. The Balaban J connectivity index is 3.06. The predicted octanol–water partition coefficient (Wildman–Crippen LogP) is 0.552. The van der Waals surface area contributed by atoms with Crippen LogP contribution >= 0.6 is 11.6 Å². The van der Waals surface area contributed by atoms with Gasteiger partial charge in [0.1, 0.15) is 6.29 Å². The smallest absolute Gasteiger partial charge is 0.301 e. The van der Waals surface area contributed by atoms with Crippen LogP contribution in [0, 0.1) is 0 Å². The van der Waals surface area contributed by atoms with Gasteiger partial charge in [0, 0.05) is 7.05 Å². The van der Waals surface area contributed by atoms with Gasteiger partial charge in [-0.3, -0.25) is 13.9 Å². The fourth-order valence-corrected chi connectivity index (χ4v) is 2.07. The lowest BCUT2D eigenvalue weighted by atomic mass is 10.2. The molecule has 6 heteroatoms. The second-order valence-corrected chi connectivity index (χ2v) is 3.97. The first-order chi connectivity index (χ1) is 8.07. The molecule has 0 fully saturated rings. The Labute approximate surface area is 101 Å². The molecule has 0 atom stereocenters. The van der Waals surface area contributed by atoms with E-state index >= 15 is 0 Å². The van der Waals surface area contributed by atoms with Crippen molar-refractivity contribution < 1.29 is 4.79 Å². The molecule has 0 spiro atoms. The molecular weight excluding hydrogens is 244 g/mol. The molecule has 0 N–H and O–H groups in total. The van der Waals surface area contributed by atoms with Crippen LogP contribution in [0.25, 0.3) is 10.9 Å². The van der Waals surface area contributed by atoms with Crippen LogP contribution in [-0.2, 0) is 18.4 Å². The number of aldehydes is 1. The Morgan fingerprint density at radius 2 is 2.06 bits per heavy atom. The molecule has 1 heterocycles. The van der Waals surface area contributed by atoms with Crippen molar-refractivity contribution in [3.05, 3.63) is 44.1 Å². The highest BCUT2D eigenvalue weighted by Crippen LogP contribution is 2.18. The number of carbonyl (C=O) groups is 1. The number of fused-ring (bicyclic) bond motifs is 1. The van der Waals surface area contributed by atoms with Gasteiger partial charge in [0.15, 0.2) is 0 Å². The molecule has 0 saturated heterocycles. The number of hydrogen-bond donors (Lipinski definition) is 0. The number of aryl methyl sites for hydroxylation is 1. The zero-order chi connectivity index (χ0) is 12.6. The molecule has 1 aromatic carbocycles. The first kappa shape index (κ1) is 11.6. The second kappa shape index (κ2) is 4.18. The summed E-state index contributed by atoms with van der Waals surface area (Å²) in [5.41, 5.74) is -0.674. The minimum absolute atomic E-state index is 0.256. The van der Waals surface area contributed by atoms with E-state index in [1.54, 1.807) is 18.2 Å². The lowest BCUT2D eigenvalue weighted by molar-refractivity contribution is -0.108. The third-order valence-electron chi connectivity index (χ3n) is 2.57. The van der Waals surface area contributed by atoms with E-state index in [1.807, 2.05) is 0 Å². The summed E-state index contributed by atoms with van der Waals surface area (Å²) in [5, 5.41) is 0.652. The summed E-state index contributed by atoms with van der Waals surface area (Å²) in [7, 11) is 1.51. The highest BCUT2D eigenvalue weighted by Gasteiger charge is 2.12. The normalized spacial score (nSPS) is 10.7. The van der Waals surface area contributed by atoms with Gasteiger partial charge in [0.2, 0.25) is 0 Å². The molecule has 2 rings (SSSR count). The largest absolute Gasteiger partial charge is 0.331 e. The first-order valence-corrected chi connectivity index (χ1v) is 5.27. The molecule has 0 aliphatic heterocycles. The average Bonchev–Trinajstić information content (AvgIpc) is 2.31.